The molecular formula is C18H25NOS. The molecule has 1 aliphatic rings. The van der Waals surface area contributed by atoms with E-state index in [0.717, 1.165) is 30.8 Å². The van der Waals surface area contributed by atoms with E-state index in [1.807, 2.05) is 4.90 Å². The van der Waals surface area contributed by atoms with Gasteiger partial charge < -0.3 is 4.90 Å². The van der Waals surface area contributed by atoms with Crippen LogP contribution in [-0.4, -0.2) is 29.6 Å². The van der Waals surface area contributed by atoms with Crippen LogP contribution in [0.2, 0.25) is 0 Å². The molecule has 0 aliphatic carbocycles. The summed E-state index contributed by atoms with van der Waals surface area (Å²) in [7, 11) is 0. The largest absolute Gasteiger partial charge is 0.341 e. The molecule has 0 bridgehead atoms. The van der Waals surface area contributed by atoms with Crippen molar-refractivity contribution in [3.8, 4) is 0 Å². The number of thioether (sulfide) groups is 1. The molecule has 1 aliphatic heterocycles. The Morgan fingerprint density at radius 3 is 2.29 bits per heavy atom. The SMILES string of the molecule is C=C1CCN(C(=O)CSc2ccc(C(C)(C)C)cc2)CC1. The Morgan fingerprint density at radius 1 is 1.19 bits per heavy atom. The highest BCUT2D eigenvalue weighted by molar-refractivity contribution is 8.00. The molecule has 2 nitrogen and oxygen atoms in total. The summed E-state index contributed by atoms with van der Waals surface area (Å²) >= 11 is 1.63. The van der Waals surface area contributed by atoms with Crippen molar-refractivity contribution in [2.24, 2.45) is 0 Å². The summed E-state index contributed by atoms with van der Waals surface area (Å²) in [6.07, 6.45) is 1.91. The lowest BCUT2D eigenvalue weighted by Gasteiger charge is -2.28. The summed E-state index contributed by atoms with van der Waals surface area (Å²) in [5.74, 6) is 0.772. The van der Waals surface area contributed by atoms with Gasteiger partial charge in [0.25, 0.3) is 0 Å². The molecule has 0 radical (unpaired) electrons. The Morgan fingerprint density at radius 2 is 1.76 bits per heavy atom. The topological polar surface area (TPSA) is 20.3 Å². The first-order valence-corrected chi connectivity index (χ1v) is 8.52. The van der Waals surface area contributed by atoms with Crippen molar-refractivity contribution in [2.45, 2.75) is 43.9 Å². The maximum Gasteiger partial charge on any atom is 0.232 e. The molecule has 1 saturated heterocycles. The summed E-state index contributed by atoms with van der Waals surface area (Å²) in [6, 6.07) is 8.57. The second-order valence-electron chi connectivity index (χ2n) is 6.69. The van der Waals surface area contributed by atoms with Gasteiger partial charge in [0.1, 0.15) is 0 Å². The number of hydrogen-bond donors (Lipinski definition) is 0. The van der Waals surface area contributed by atoms with E-state index in [-0.39, 0.29) is 11.3 Å². The third-order valence-electron chi connectivity index (χ3n) is 3.91. The van der Waals surface area contributed by atoms with E-state index in [4.69, 9.17) is 0 Å². The molecule has 1 aromatic carbocycles. The number of amides is 1. The van der Waals surface area contributed by atoms with Gasteiger partial charge in [-0.3, -0.25) is 4.79 Å². The lowest BCUT2D eigenvalue weighted by atomic mass is 9.87. The lowest BCUT2D eigenvalue weighted by Crippen LogP contribution is -2.37. The minimum absolute atomic E-state index is 0.176. The number of carbonyl (C=O) groups excluding carboxylic acids is 1. The highest BCUT2D eigenvalue weighted by Gasteiger charge is 2.18. The van der Waals surface area contributed by atoms with Crippen molar-refractivity contribution in [3.63, 3.8) is 0 Å². The zero-order chi connectivity index (χ0) is 15.5. The summed E-state index contributed by atoms with van der Waals surface area (Å²) in [5, 5.41) is 0. The van der Waals surface area contributed by atoms with Gasteiger partial charge in [0.15, 0.2) is 0 Å². The van der Waals surface area contributed by atoms with Gasteiger partial charge in [0.05, 0.1) is 5.75 Å². The second-order valence-corrected chi connectivity index (χ2v) is 7.74. The number of likely N-dealkylation sites (tertiary alicyclic amines) is 1. The molecule has 114 valence electrons. The quantitative estimate of drug-likeness (QED) is 0.614. The molecule has 1 fully saturated rings. The molecule has 1 amide bonds. The van der Waals surface area contributed by atoms with E-state index in [2.05, 4.69) is 51.6 Å². The fourth-order valence-corrected chi connectivity index (χ4v) is 3.16. The van der Waals surface area contributed by atoms with Crippen LogP contribution in [0.4, 0.5) is 0 Å². The highest BCUT2D eigenvalue weighted by Crippen LogP contribution is 2.26. The van der Waals surface area contributed by atoms with Crippen molar-refractivity contribution < 1.29 is 4.79 Å². The Bertz CT molecular complexity index is 503. The zero-order valence-electron chi connectivity index (χ0n) is 13.3. The van der Waals surface area contributed by atoms with Crippen LogP contribution in [0.25, 0.3) is 0 Å². The molecule has 0 unspecified atom stereocenters. The fourth-order valence-electron chi connectivity index (χ4n) is 2.36. The number of carbonyl (C=O) groups is 1. The van der Waals surface area contributed by atoms with Crippen LogP contribution in [0, 0.1) is 0 Å². The molecule has 1 aromatic rings. The molecule has 0 atom stereocenters. The Hall–Kier alpha value is -1.22. The van der Waals surface area contributed by atoms with Gasteiger partial charge in [-0.05, 0) is 36.0 Å². The summed E-state index contributed by atoms with van der Waals surface area (Å²) < 4.78 is 0. The van der Waals surface area contributed by atoms with Gasteiger partial charge >= 0.3 is 0 Å². The van der Waals surface area contributed by atoms with Crippen LogP contribution in [0.5, 0.6) is 0 Å². The zero-order valence-corrected chi connectivity index (χ0v) is 14.1. The first kappa shape index (κ1) is 16.2. The minimum atomic E-state index is 0.176. The van der Waals surface area contributed by atoms with Crippen molar-refractivity contribution in [3.05, 3.63) is 42.0 Å². The van der Waals surface area contributed by atoms with Crippen LogP contribution in [0.1, 0.15) is 39.2 Å². The Kier molecular flexibility index (Phi) is 5.15. The van der Waals surface area contributed by atoms with Gasteiger partial charge in [0.2, 0.25) is 5.91 Å². The van der Waals surface area contributed by atoms with Crippen LogP contribution in [0.3, 0.4) is 0 Å². The van der Waals surface area contributed by atoms with Gasteiger partial charge in [-0.2, -0.15) is 0 Å². The van der Waals surface area contributed by atoms with Crippen molar-refractivity contribution in [2.75, 3.05) is 18.8 Å². The molecule has 0 aromatic heterocycles. The lowest BCUT2D eigenvalue weighted by molar-refractivity contribution is -0.128. The highest BCUT2D eigenvalue weighted by atomic mass is 32.2. The van der Waals surface area contributed by atoms with Crippen molar-refractivity contribution in [1.29, 1.82) is 0 Å². The third-order valence-corrected chi connectivity index (χ3v) is 4.90. The fraction of sp³-hybridized carbons (Fsp3) is 0.500. The van der Waals surface area contributed by atoms with E-state index < -0.39 is 0 Å². The predicted molar refractivity (Wildman–Crippen MR) is 90.8 cm³/mol. The normalized spacial score (nSPS) is 16.1. The molecule has 2 rings (SSSR count). The number of hydrogen-bond acceptors (Lipinski definition) is 2. The van der Waals surface area contributed by atoms with Crippen LogP contribution >= 0.6 is 11.8 Å². The minimum Gasteiger partial charge on any atom is -0.341 e. The van der Waals surface area contributed by atoms with E-state index >= 15 is 0 Å². The molecule has 0 N–H and O–H groups in total. The maximum atomic E-state index is 12.2. The van der Waals surface area contributed by atoms with Gasteiger partial charge in [-0.25, -0.2) is 0 Å². The molecule has 0 saturated carbocycles. The molecule has 1 heterocycles. The Labute approximate surface area is 132 Å². The predicted octanol–water partition coefficient (Wildman–Crippen LogP) is 4.25. The molecule has 0 spiro atoms. The first-order chi connectivity index (χ1) is 9.86. The first-order valence-electron chi connectivity index (χ1n) is 7.54. The number of benzene rings is 1. The summed E-state index contributed by atoms with van der Waals surface area (Å²) in [5.41, 5.74) is 2.77. The smallest absolute Gasteiger partial charge is 0.232 e. The van der Waals surface area contributed by atoms with Gasteiger partial charge in [-0.1, -0.05) is 45.1 Å². The van der Waals surface area contributed by atoms with E-state index in [1.54, 1.807) is 11.8 Å². The van der Waals surface area contributed by atoms with Crippen LogP contribution in [0.15, 0.2) is 41.3 Å². The number of piperidine rings is 1. The van der Waals surface area contributed by atoms with E-state index in [0.29, 0.717) is 5.75 Å². The number of rotatable bonds is 3. The van der Waals surface area contributed by atoms with E-state index in [9.17, 15) is 4.79 Å². The second kappa shape index (κ2) is 6.69. The Balaban J connectivity index is 1.85. The monoisotopic (exact) mass is 303 g/mol. The van der Waals surface area contributed by atoms with Gasteiger partial charge in [-0.15, -0.1) is 11.8 Å². The third kappa shape index (κ3) is 4.63. The van der Waals surface area contributed by atoms with Crippen LogP contribution in [-0.2, 0) is 10.2 Å². The average molecular weight is 303 g/mol. The number of nitrogens with zero attached hydrogens (tertiary/aromatic N) is 1. The molecule has 21 heavy (non-hydrogen) atoms. The van der Waals surface area contributed by atoms with Gasteiger partial charge in [0, 0.05) is 18.0 Å². The van der Waals surface area contributed by atoms with E-state index in [1.165, 1.54) is 11.1 Å². The maximum absolute atomic E-state index is 12.2. The van der Waals surface area contributed by atoms with Crippen LogP contribution < -0.4 is 0 Å². The summed E-state index contributed by atoms with van der Waals surface area (Å²) in [4.78, 5) is 15.3. The van der Waals surface area contributed by atoms with Crippen molar-refractivity contribution in [1.82, 2.24) is 4.90 Å². The molecule has 3 heteroatoms. The average Bonchev–Trinajstić information content (AvgIpc) is 2.45. The van der Waals surface area contributed by atoms with Crippen molar-refractivity contribution >= 4 is 17.7 Å². The standard InChI is InChI=1S/C18H25NOS/c1-14-9-11-19(12-10-14)17(20)13-21-16-7-5-15(6-8-16)18(2,3)4/h5-8H,1,9-13H2,2-4H3. The molecular weight excluding hydrogens is 278 g/mol. The summed E-state index contributed by atoms with van der Waals surface area (Å²) in [6.45, 7) is 12.3.